The Morgan fingerprint density at radius 1 is 0.958 bits per heavy atom. The zero-order valence-electron chi connectivity index (χ0n) is 13.2. The smallest absolute Gasteiger partial charge is 0.235 e. The van der Waals surface area contributed by atoms with Crippen molar-refractivity contribution in [2.75, 3.05) is 13.1 Å². The number of benzene rings is 2. The Balaban J connectivity index is 1.73. The van der Waals surface area contributed by atoms with Gasteiger partial charge in [-0.25, -0.2) is 13.1 Å². The Kier molecular flexibility index (Phi) is 6.72. The van der Waals surface area contributed by atoms with Gasteiger partial charge in [-0.05, 0) is 23.6 Å². The first kappa shape index (κ1) is 17.9. The van der Waals surface area contributed by atoms with Gasteiger partial charge in [0.25, 0.3) is 0 Å². The third kappa shape index (κ3) is 6.76. The van der Waals surface area contributed by atoms with Gasteiger partial charge in [0.05, 0.1) is 6.54 Å². The first-order valence-electron chi connectivity index (χ1n) is 7.58. The molecule has 1 amide bonds. The molecule has 24 heavy (non-hydrogen) atoms. The quantitative estimate of drug-likeness (QED) is 0.768. The van der Waals surface area contributed by atoms with Crippen LogP contribution in [0.1, 0.15) is 11.1 Å². The standard InChI is InChI=1S/C18H20N2O3S/c21-18(19-13-11-16-7-3-1-4-8-16)15-20-24(22,23)14-12-17-9-5-2-6-10-17/h1-10,12,14,20H,11,13,15H2,(H,19,21). The summed E-state index contributed by atoms with van der Waals surface area (Å²) in [6, 6.07) is 18.8. The monoisotopic (exact) mass is 344 g/mol. The van der Waals surface area contributed by atoms with Crippen molar-refractivity contribution in [2.24, 2.45) is 0 Å². The maximum absolute atomic E-state index is 11.8. The third-order valence-corrected chi connectivity index (χ3v) is 4.29. The average Bonchev–Trinajstić information content (AvgIpc) is 2.60. The van der Waals surface area contributed by atoms with E-state index in [1.54, 1.807) is 12.1 Å². The van der Waals surface area contributed by atoms with E-state index in [1.165, 1.54) is 6.08 Å². The summed E-state index contributed by atoms with van der Waals surface area (Å²) < 4.78 is 25.9. The maximum Gasteiger partial charge on any atom is 0.235 e. The van der Waals surface area contributed by atoms with E-state index in [1.807, 2.05) is 48.5 Å². The number of hydrogen-bond acceptors (Lipinski definition) is 3. The van der Waals surface area contributed by atoms with E-state index < -0.39 is 10.0 Å². The molecule has 126 valence electrons. The number of carbonyl (C=O) groups excluding carboxylic acids is 1. The van der Waals surface area contributed by atoms with Crippen LogP contribution in [-0.4, -0.2) is 27.4 Å². The second kappa shape index (κ2) is 9.00. The van der Waals surface area contributed by atoms with Crippen molar-refractivity contribution in [3.05, 3.63) is 77.2 Å². The lowest BCUT2D eigenvalue weighted by Crippen LogP contribution is -2.36. The summed E-state index contributed by atoms with van der Waals surface area (Å²) in [6.07, 6.45) is 2.18. The Morgan fingerprint density at radius 3 is 2.25 bits per heavy atom. The molecule has 0 bridgehead atoms. The summed E-state index contributed by atoms with van der Waals surface area (Å²) in [7, 11) is -3.64. The van der Waals surface area contributed by atoms with Crippen LogP contribution in [0.15, 0.2) is 66.1 Å². The number of carbonyl (C=O) groups is 1. The van der Waals surface area contributed by atoms with Crippen molar-refractivity contribution in [1.82, 2.24) is 10.0 Å². The second-order valence-corrected chi connectivity index (χ2v) is 6.82. The van der Waals surface area contributed by atoms with Gasteiger partial charge >= 0.3 is 0 Å². The van der Waals surface area contributed by atoms with Gasteiger partial charge in [0.15, 0.2) is 0 Å². The fraction of sp³-hybridized carbons (Fsp3) is 0.167. The maximum atomic E-state index is 11.8. The lowest BCUT2D eigenvalue weighted by Gasteiger charge is -2.06. The average molecular weight is 344 g/mol. The van der Waals surface area contributed by atoms with Crippen LogP contribution in [0.3, 0.4) is 0 Å². The lowest BCUT2D eigenvalue weighted by molar-refractivity contribution is -0.119. The molecule has 0 spiro atoms. The van der Waals surface area contributed by atoms with E-state index in [-0.39, 0.29) is 12.5 Å². The highest BCUT2D eigenvalue weighted by atomic mass is 32.2. The van der Waals surface area contributed by atoms with Crippen LogP contribution in [-0.2, 0) is 21.2 Å². The van der Waals surface area contributed by atoms with Gasteiger partial charge in [-0.15, -0.1) is 0 Å². The van der Waals surface area contributed by atoms with Gasteiger partial charge in [-0.2, -0.15) is 0 Å². The topological polar surface area (TPSA) is 75.3 Å². The SMILES string of the molecule is O=C(CNS(=O)(=O)C=Cc1ccccc1)NCCc1ccccc1. The van der Waals surface area contributed by atoms with Gasteiger partial charge in [-0.1, -0.05) is 60.7 Å². The minimum atomic E-state index is -3.64. The van der Waals surface area contributed by atoms with Gasteiger partial charge in [0.1, 0.15) is 0 Å². The van der Waals surface area contributed by atoms with Crippen molar-refractivity contribution in [3.8, 4) is 0 Å². The number of nitrogens with one attached hydrogen (secondary N) is 2. The molecule has 0 aliphatic carbocycles. The highest BCUT2D eigenvalue weighted by molar-refractivity contribution is 7.92. The van der Waals surface area contributed by atoms with Crippen molar-refractivity contribution in [1.29, 1.82) is 0 Å². The Labute approximate surface area is 142 Å². The summed E-state index contributed by atoms with van der Waals surface area (Å²) in [5, 5.41) is 3.74. The van der Waals surface area contributed by atoms with Crippen LogP contribution >= 0.6 is 0 Å². The molecule has 0 fully saturated rings. The van der Waals surface area contributed by atoms with Crippen LogP contribution in [0.2, 0.25) is 0 Å². The Hall–Kier alpha value is -2.44. The van der Waals surface area contributed by atoms with E-state index in [4.69, 9.17) is 0 Å². The van der Waals surface area contributed by atoms with Crippen molar-refractivity contribution < 1.29 is 13.2 Å². The number of rotatable bonds is 8. The first-order chi connectivity index (χ1) is 11.6. The van der Waals surface area contributed by atoms with Crippen LogP contribution < -0.4 is 10.0 Å². The van der Waals surface area contributed by atoms with Gasteiger partial charge < -0.3 is 5.32 Å². The van der Waals surface area contributed by atoms with Crippen LogP contribution in [0.5, 0.6) is 0 Å². The fourth-order valence-electron chi connectivity index (χ4n) is 2.00. The van der Waals surface area contributed by atoms with E-state index in [9.17, 15) is 13.2 Å². The van der Waals surface area contributed by atoms with E-state index in [2.05, 4.69) is 10.0 Å². The lowest BCUT2D eigenvalue weighted by atomic mass is 10.1. The van der Waals surface area contributed by atoms with Gasteiger partial charge in [0, 0.05) is 12.0 Å². The molecule has 5 nitrogen and oxygen atoms in total. The van der Waals surface area contributed by atoms with Gasteiger partial charge in [0.2, 0.25) is 15.9 Å². The number of hydrogen-bond donors (Lipinski definition) is 2. The van der Waals surface area contributed by atoms with Crippen molar-refractivity contribution >= 4 is 22.0 Å². The highest BCUT2D eigenvalue weighted by Gasteiger charge is 2.08. The van der Waals surface area contributed by atoms with Crippen LogP contribution in [0.25, 0.3) is 6.08 Å². The molecular formula is C18H20N2O3S. The number of sulfonamides is 1. The molecule has 0 aliphatic rings. The Bertz CT molecular complexity index is 772. The van der Waals surface area contributed by atoms with Crippen molar-refractivity contribution in [2.45, 2.75) is 6.42 Å². The zero-order chi connectivity index (χ0) is 17.3. The molecule has 0 aliphatic heterocycles. The molecule has 0 saturated heterocycles. The molecule has 0 atom stereocenters. The molecule has 2 N–H and O–H groups in total. The van der Waals surface area contributed by atoms with E-state index in [0.717, 1.165) is 16.5 Å². The zero-order valence-corrected chi connectivity index (χ0v) is 14.0. The first-order valence-corrected chi connectivity index (χ1v) is 9.13. The highest BCUT2D eigenvalue weighted by Crippen LogP contribution is 2.02. The molecule has 0 unspecified atom stereocenters. The minimum absolute atomic E-state index is 0.281. The summed E-state index contributed by atoms with van der Waals surface area (Å²) >= 11 is 0. The van der Waals surface area contributed by atoms with Gasteiger partial charge in [-0.3, -0.25) is 4.79 Å². The summed E-state index contributed by atoms with van der Waals surface area (Å²) in [6.45, 7) is 0.181. The molecule has 2 aromatic carbocycles. The van der Waals surface area contributed by atoms with Crippen LogP contribution in [0, 0.1) is 0 Å². The molecule has 0 aromatic heterocycles. The summed E-state index contributed by atoms with van der Waals surface area (Å²) in [4.78, 5) is 11.7. The minimum Gasteiger partial charge on any atom is -0.355 e. The molecule has 0 radical (unpaired) electrons. The second-order valence-electron chi connectivity index (χ2n) is 5.17. The van der Waals surface area contributed by atoms with E-state index in [0.29, 0.717) is 13.0 Å². The summed E-state index contributed by atoms with van der Waals surface area (Å²) in [5.74, 6) is -0.359. The largest absolute Gasteiger partial charge is 0.355 e. The molecule has 0 saturated carbocycles. The molecular weight excluding hydrogens is 324 g/mol. The molecule has 2 rings (SSSR count). The van der Waals surface area contributed by atoms with E-state index >= 15 is 0 Å². The van der Waals surface area contributed by atoms with Crippen LogP contribution in [0.4, 0.5) is 0 Å². The molecule has 0 heterocycles. The third-order valence-electron chi connectivity index (χ3n) is 3.25. The number of amides is 1. The normalized spacial score (nSPS) is 11.5. The summed E-state index contributed by atoms with van der Waals surface area (Å²) in [5.41, 5.74) is 1.89. The Morgan fingerprint density at radius 2 is 1.58 bits per heavy atom. The van der Waals surface area contributed by atoms with Crippen molar-refractivity contribution in [3.63, 3.8) is 0 Å². The molecule has 6 heteroatoms. The predicted octanol–water partition coefficient (Wildman–Crippen LogP) is 1.94. The predicted molar refractivity (Wildman–Crippen MR) is 95.6 cm³/mol. The molecule has 2 aromatic rings. The fourth-order valence-corrected chi connectivity index (χ4v) is 2.76.